The second-order valence-corrected chi connectivity index (χ2v) is 3.61. The molecule has 0 saturated carbocycles. The Morgan fingerprint density at radius 3 is 2.81 bits per heavy atom. The lowest BCUT2D eigenvalue weighted by atomic mass is 10.2. The average molecular weight is 241 g/mol. The Bertz CT molecular complexity index is 498. The molecule has 16 heavy (non-hydrogen) atoms. The van der Waals surface area contributed by atoms with Crippen molar-refractivity contribution in [1.29, 1.82) is 0 Å². The van der Waals surface area contributed by atoms with E-state index in [1.807, 2.05) is 0 Å². The highest BCUT2D eigenvalue weighted by atomic mass is 35.5. The summed E-state index contributed by atoms with van der Waals surface area (Å²) >= 11 is 5.98. The lowest BCUT2D eigenvalue weighted by Gasteiger charge is -2.04. The van der Waals surface area contributed by atoms with E-state index in [0.717, 1.165) is 0 Å². The Kier molecular flexibility index (Phi) is 3.10. The maximum absolute atomic E-state index is 13.4. The summed E-state index contributed by atoms with van der Waals surface area (Å²) < 4.78 is 19.8. The van der Waals surface area contributed by atoms with E-state index in [-0.39, 0.29) is 12.4 Å². The SMILES string of the molecule is COc1cnn(Cc2ccccc2F)c1Cl. The fraction of sp³-hybridized carbons (Fsp3) is 0.182. The van der Waals surface area contributed by atoms with Crippen LogP contribution in [-0.2, 0) is 6.54 Å². The summed E-state index contributed by atoms with van der Waals surface area (Å²) in [7, 11) is 1.51. The summed E-state index contributed by atoms with van der Waals surface area (Å²) in [5.74, 6) is 0.214. The Hall–Kier alpha value is -1.55. The van der Waals surface area contributed by atoms with Gasteiger partial charge in [0, 0.05) is 5.56 Å². The van der Waals surface area contributed by atoms with E-state index >= 15 is 0 Å². The molecule has 0 saturated heterocycles. The van der Waals surface area contributed by atoms with Gasteiger partial charge in [-0.05, 0) is 6.07 Å². The van der Waals surface area contributed by atoms with Gasteiger partial charge >= 0.3 is 0 Å². The molecule has 84 valence electrons. The van der Waals surface area contributed by atoms with Gasteiger partial charge < -0.3 is 4.74 Å². The van der Waals surface area contributed by atoms with Gasteiger partial charge in [0.2, 0.25) is 0 Å². The predicted molar refractivity (Wildman–Crippen MR) is 59.3 cm³/mol. The zero-order valence-electron chi connectivity index (χ0n) is 8.65. The van der Waals surface area contributed by atoms with Crippen molar-refractivity contribution >= 4 is 11.6 Å². The van der Waals surface area contributed by atoms with Crippen molar-refractivity contribution in [2.75, 3.05) is 7.11 Å². The largest absolute Gasteiger partial charge is 0.492 e. The van der Waals surface area contributed by atoms with Crippen molar-refractivity contribution in [3.8, 4) is 5.75 Å². The number of methoxy groups -OCH3 is 1. The monoisotopic (exact) mass is 240 g/mol. The van der Waals surface area contributed by atoms with E-state index in [1.165, 1.54) is 24.1 Å². The van der Waals surface area contributed by atoms with Gasteiger partial charge in [0.1, 0.15) is 5.82 Å². The molecule has 0 fully saturated rings. The van der Waals surface area contributed by atoms with Crippen LogP contribution in [0.2, 0.25) is 5.15 Å². The molecule has 3 nitrogen and oxygen atoms in total. The third-order valence-corrected chi connectivity index (χ3v) is 2.62. The van der Waals surface area contributed by atoms with Crippen molar-refractivity contribution in [1.82, 2.24) is 9.78 Å². The highest BCUT2D eigenvalue weighted by molar-refractivity contribution is 6.31. The minimum atomic E-state index is -0.270. The normalized spacial score (nSPS) is 10.4. The highest BCUT2D eigenvalue weighted by Gasteiger charge is 2.10. The Labute approximate surface area is 97.4 Å². The maximum Gasteiger partial charge on any atom is 0.175 e. The third kappa shape index (κ3) is 2.02. The second-order valence-electron chi connectivity index (χ2n) is 3.25. The number of hydrogen-bond acceptors (Lipinski definition) is 2. The van der Waals surface area contributed by atoms with Gasteiger partial charge in [-0.2, -0.15) is 5.10 Å². The van der Waals surface area contributed by atoms with Crippen LogP contribution in [0.1, 0.15) is 5.56 Å². The van der Waals surface area contributed by atoms with Crippen molar-refractivity contribution in [2.45, 2.75) is 6.54 Å². The molecule has 2 rings (SSSR count). The lowest BCUT2D eigenvalue weighted by Crippen LogP contribution is -2.03. The van der Waals surface area contributed by atoms with E-state index in [0.29, 0.717) is 16.5 Å². The van der Waals surface area contributed by atoms with Crippen LogP contribution in [0.15, 0.2) is 30.5 Å². The number of hydrogen-bond donors (Lipinski definition) is 0. The Balaban J connectivity index is 2.27. The number of ether oxygens (including phenoxy) is 1. The first-order valence-electron chi connectivity index (χ1n) is 4.71. The molecule has 0 N–H and O–H groups in total. The van der Waals surface area contributed by atoms with Crippen molar-refractivity contribution in [3.63, 3.8) is 0 Å². The summed E-state index contributed by atoms with van der Waals surface area (Å²) in [5.41, 5.74) is 0.537. The molecule has 1 heterocycles. The molecular weight excluding hydrogens is 231 g/mol. The van der Waals surface area contributed by atoms with Crippen molar-refractivity contribution in [3.05, 3.63) is 47.0 Å². The first-order chi connectivity index (χ1) is 7.72. The number of halogens is 2. The first kappa shape index (κ1) is 11.0. The highest BCUT2D eigenvalue weighted by Crippen LogP contribution is 2.24. The smallest absolute Gasteiger partial charge is 0.175 e. The number of rotatable bonds is 3. The van der Waals surface area contributed by atoms with Crippen molar-refractivity contribution < 1.29 is 9.13 Å². The Morgan fingerprint density at radius 1 is 1.44 bits per heavy atom. The molecule has 0 unspecified atom stereocenters. The fourth-order valence-corrected chi connectivity index (χ4v) is 1.62. The van der Waals surface area contributed by atoms with E-state index < -0.39 is 0 Å². The Morgan fingerprint density at radius 2 is 2.19 bits per heavy atom. The maximum atomic E-state index is 13.4. The summed E-state index contributed by atoms with van der Waals surface area (Å²) in [6, 6.07) is 6.51. The minimum Gasteiger partial charge on any atom is -0.492 e. The van der Waals surface area contributed by atoms with Crippen LogP contribution in [0.4, 0.5) is 4.39 Å². The summed E-state index contributed by atoms with van der Waals surface area (Å²) in [4.78, 5) is 0. The van der Waals surface area contributed by atoms with Crippen molar-refractivity contribution in [2.24, 2.45) is 0 Å². The van der Waals surface area contributed by atoms with Gasteiger partial charge in [-0.25, -0.2) is 9.07 Å². The molecule has 0 amide bonds. The molecule has 0 spiro atoms. The predicted octanol–water partition coefficient (Wildman–Crippen LogP) is 2.73. The van der Waals surface area contributed by atoms with Crippen LogP contribution in [0.25, 0.3) is 0 Å². The summed E-state index contributed by atoms with van der Waals surface area (Å²) in [6.07, 6.45) is 1.50. The lowest BCUT2D eigenvalue weighted by molar-refractivity contribution is 0.414. The fourth-order valence-electron chi connectivity index (χ4n) is 1.39. The van der Waals surface area contributed by atoms with Crippen LogP contribution in [0, 0.1) is 5.82 Å². The van der Waals surface area contributed by atoms with Crippen LogP contribution >= 0.6 is 11.6 Å². The van der Waals surface area contributed by atoms with Crippen LogP contribution in [0.3, 0.4) is 0 Å². The van der Waals surface area contributed by atoms with E-state index in [2.05, 4.69) is 5.10 Å². The van der Waals surface area contributed by atoms with Gasteiger partial charge in [-0.3, -0.25) is 0 Å². The molecule has 0 radical (unpaired) electrons. The number of nitrogens with zero attached hydrogens (tertiary/aromatic N) is 2. The number of benzene rings is 1. The molecule has 2 aromatic rings. The minimum absolute atomic E-state index is 0.270. The van der Waals surface area contributed by atoms with Crippen LogP contribution in [-0.4, -0.2) is 16.9 Å². The van der Waals surface area contributed by atoms with Gasteiger partial charge in [-0.15, -0.1) is 0 Å². The first-order valence-corrected chi connectivity index (χ1v) is 5.09. The number of aromatic nitrogens is 2. The standard InChI is InChI=1S/C11H10ClFN2O/c1-16-10-6-14-15(11(10)12)7-8-4-2-3-5-9(8)13/h2-6H,7H2,1H3. The molecule has 0 aliphatic rings. The third-order valence-electron chi connectivity index (χ3n) is 2.24. The average Bonchev–Trinajstić information content (AvgIpc) is 2.63. The molecule has 0 bridgehead atoms. The summed E-state index contributed by atoms with van der Waals surface area (Å²) in [6.45, 7) is 0.287. The molecule has 0 aliphatic heterocycles. The molecule has 5 heteroatoms. The summed E-state index contributed by atoms with van der Waals surface area (Å²) in [5, 5.41) is 4.38. The van der Waals surface area contributed by atoms with Gasteiger partial charge in [0.15, 0.2) is 10.9 Å². The van der Waals surface area contributed by atoms with E-state index in [9.17, 15) is 4.39 Å². The molecule has 0 atom stereocenters. The van der Waals surface area contributed by atoms with Gasteiger partial charge in [0.05, 0.1) is 19.9 Å². The molecule has 1 aromatic heterocycles. The van der Waals surface area contributed by atoms with E-state index in [4.69, 9.17) is 16.3 Å². The zero-order valence-corrected chi connectivity index (χ0v) is 9.41. The molecule has 0 aliphatic carbocycles. The zero-order chi connectivity index (χ0) is 11.5. The van der Waals surface area contributed by atoms with E-state index in [1.54, 1.807) is 18.2 Å². The quantitative estimate of drug-likeness (QED) is 0.825. The molecular formula is C11H10ClFN2O. The van der Waals surface area contributed by atoms with Gasteiger partial charge in [0.25, 0.3) is 0 Å². The van der Waals surface area contributed by atoms with Crippen LogP contribution < -0.4 is 4.74 Å². The van der Waals surface area contributed by atoms with Crippen LogP contribution in [0.5, 0.6) is 5.75 Å². The second kappa shape index (κ2) is 4.53. The van der Waals surface area contributed by atoms with Gasteiger partial charge in [-0.1, -0.05) is 29.8 Å². The topological polar surface area (TPSA) is 27.1 Å². The molecule has 1 aromatic carbocycles.